The second-order valence-electron chi connectivity index (χ2n) is 7.63. The molecule has 0 fully saturated rings. The number of hydrogen-bond donors (Lipinski definition) is 3. The van der Waals surface area contributed by atoms with Crippen molar-refractivity contribution in [3.05, 3.63) is 100 Å². The first kappa shape index (κ1) is 33.6. The topological polar surface area (TPSA) is 148 Å². The molecule has 1 unspecified atom stereocenters. The Morgan fingerprint density at radius 1 is 0.881 bits per heavy atom. The summed E-state index contributed by atoms with van der Waals surface area (Å²) in [6.07, 6.45) is -8.64. The zero-order valence-corrected chi connectivity index (χ0v) is 21.9. The van der Waals surface area contributed by atoms with Crippen LogP contribution in [-0.2, 0) is 15.1 Å². The van der Waals surface area contributed by atoms with Gasteiger partial charge in [0.05, 0.1) is 0 Å². The Hall–Kier alpha value is -4.61. The second kappa shape index (κ2) is 13.4. The molecular weight excluding hydrogens is 656 g/mol. The van der Waals surface area contributed by atoms with Gasteiger partial charge in [-0.1, -0.05) is 34.1 Å². The molecule has 0 amide bonds. The minimum absolute atomic E-state index is 0.0192. The SMILES string of the molecule is NC1=NC(c2cccc(Br)c2)(c2ccnc(OC=C(F)F)c2)c2cccnc21.O=C(O)C(F)(F)F.O=C(O)C(F)(F)F. The third-order valence-corrected chi connectivity index (χ3v) is 5.37. The van der Waals surface area contributed by atoms with Crippen LogP contribution in [0.5, 0.6) is 5.88 Å². The Labute approximate surface area is 238 Å². The van der Waals surface area contributed by atoms with Gasteiger partial charge in [-0.3, -0.25) is 4.98 Å². The molecule has 4 N–H and O–H groups in total. The van der Waals surface area contributed by atoms with E-state index in [0.717, 1.165) is 15.6 Å². The van der Waals surface area contributed by atoms with Crippen molar-refractivity contribution in [1.82, 2.24) is 9.97 Å². The molecule has 0 spiro atoms. The Morgan fingerprint density at radius 3 is 1.98 bits per heavy atom. The van der Waals surface area contributed by atoms with Crippen LogP contribution in [0.2, 0.25) is 0 Å². The summed E-state index contributed by atoms with van der Waals surface area (Å²) in [7, 11) is 0. The molecule has 1 aromatic carbocycles. The quantitative estimate of drug-likeness (QED) is 0.239. The summed E-state index contributed by atoms with van der Waals surface area (Å²) in [5.74, 6) is -5.20. The lowest BCUT2D eigenvalue weighted by Crippen LogP contribution is -2.25. The number of carboxylic acids is 2. The van der Waals surface area contributed by atoms with Crippen molar-refractivity contribution < 1.29 is 59.7 Å². The number of amidine groups is 1. The van der Waals surface area contributed by atoms with E-state index in [2.05, 4.69) is 25.9 Å². The van der Waals surface area contributed by atoms with Gasteiger partial charge in [0.1, 0.15) is 17.1 Å². The van der Waals surface area contributed by atoms with E-state index in [0.29, 0.717) is 23.4 Å². The van der Waals surface area contributed by atoms with Crippen LogP contribution in [0.1, 0.15) is 22.4 Å². The highest BCUT2D eigenvalue weighted by Crippen LogP contribution is 2.46. The van der Waals surface area contributed by atoms with Gasteiger partial charge in [-0.25, -0.2) is 19.6 Å². The van der Waals surface area contributed by atoms with Gasteiger partial charge < -0.3 is 20.7 Å². The molecule has 1 aliphatic rings. The standard InChI is InChI=1S/C20H13BrF2N4O.2C2HF3O2/c21-14-4-1-3-12(9-14)20(15-5-2-7-26-18(15)19(24)27-20)13-6-8-25-17(10-13)28-11-16(22)23;2*3-2(4,5)1(6)7/h1-11H,(H2,24,27);2*(H,6,7). The summed E-state index contributed by atoms with van der Waals surface area (Å²) in [5.41, 5.74) is 8.05. The number of carboxylic acid groups (broad SMARTS) is 2. The van der Waals surface area contributed by atoms with Crippen LogP contribution in [0.3, 0.4) is 0 Å². The van der Waals surface area contributed by atoms with Crippen LogP contribution in [0, 0.1) is 0 Å². The maximum atomic E-state index is 12.4. The molecule has 0 aliphatic carbocycles. The zero-order valence-electron chi connectivity index (χ0n) is 20.3. The number of nitrogens with two attached hydrogens (primary N) is 1. The zero-order chi connectivity index (χ0) is 31.9. The fourth-order valence-electron chi connectivity index (χ4n) is 3.32. The summed E-state index contributed by atoms with van der Waals surface area (Å²) in [6.45, 7) is 0. The minimum atomic E-state index is -5.08. The number of carbonyl (C=O) groups is 2. The largest absolute Gasteiger partial charge is 0.490 e. The monoisotopic (exact) mass is 670 g/mol. The third-order valence-electron chi connectivity index (χ3n) is 4.88. The number of hydrogen-bond acceptors (Lipinski definition) is 7. The lowest BCUT2D eigenvalue weighted by Gasteiger charge is -2.29. The summed E-state index contributed by atoms with van der Waals surface area (Å²) in [5, 5.41) is 14.2. The lowest BCUT2D eigenvalue weighted by atomic mass is 9.79. The normalized spacial score (nSPS) is 15.5. The Balaban J connectivity index is 0.000000367. The Bertz CT molecular complexity index is 1490. The average Bonchev–Trinajstić information content (AvgIpc) is 3.21. The summed E-state index contributed by atoms with van der Waals surface area (Å²) >= 11 is 3.49. The van der Waals surface area contributed by atoms with Crippen LogP contribution in [-0.4, -0.2) is 50.3 Å². The van der Waals surface area contributed by atoms with Crippen LogP contribution in [0.25, 0.3) is 0 Å². The molecule has 0 saturated carbocycles. The number of aliphatic carboxylic acids is 2. The molecule has 4 rings (SSSR count). The van der Waals surface area contributed by atoms with Gasteiger partial charge in [0.15, 0.2) is 6.26 Å². The molecule has 18 heteroatoms. The van der Waals surface area contributed by atoms with E-state index in [-0.39, 0.29) is 5.88 Å². The molecule has 2 aromatic heterocycles. The molecule has 9 nitrogen and oxygen atoms in total. The van der Waals surface area contributed by atoms with Gasteiger partial charge in [0.2, 0.25) is 5.88 Å². The molecule has 0 saturated heterocycles. The lowest BCUT2D eigenvalue weighted by molar-refractivity contribution is -0.193. The second-order valence-corrected chi connectivity index (χ2v) is 8.55. The molecule has 3 aromatic rings. The van der Waals surface area contributed by atoms with Crippen LogP contribution < -0.4 is 10.5 Å². The van der Waals surface area contributed by atoms with E-state index in [4.69, 9.17) is 35.3 Å². The van der Waals surface area contributed by atoms with E-state index in [1.807, 2.05) is 30.3 Å². The summed E-state index contributed by atoms with van der Waals surface area (Å²) < 4.78 is 94.1. The van der Waals surface area contributed by atoms with E-state index in [1.54, 1.807) is 24.4 Å². The number of aliphatic imine (C=N–C) groups is 1. The molecule has 0 bridgehead atoms. The van der Waals surface area contributed by atoms with Crippen LogP contribution in [0.4, 0.5) is 35.1 Å². The molecule has 3 heterocycles. The summed E-state index contributed by atoms with van der Waals surface area (Å²) in [6, 6.07) is 14.7. The fourth-order valence-corrected chi connectivity index (χ4v) is 3.72. The van der Waals surface area contributed by atoms with E-state index < -0.39 is 35.9 Å². The number of nitrogens with zero attached hydrogens (tertiary/aromatic N) is 3. The predicted octanol–water partition coefficient (Wildman–Crippen LogP) is 5.63. The highest BCUT2D eigenvalue weighted by Gasteiger charge is 2.44. The van der Waals surface area contributed by atoms with Crippen molar-refractivity contribution in [2.45, 2.75) is 17.9 Å². The average molecular weight is 671 g/mol. The predicted molar refractivity (Wildman–Crippen MR) is 132 cm³/mol. The Kier molecular flexibility index (Phi) is 10.7. The van der Waals surface area contributed by atoms with Gasteiger partial charge in [-0.05, 0) is 35.4 Å². The smallest absolute Gasteiger partial charge is 0.475 e. The molecule has 42 heavy (non-hydrogen) atoms. The van der Waals surface area contributed by atoms with Crippen molar-refractivity contribution in [3.63, 3.8) is 0 Å². The number of alkyl halides is 6. The van der Waals surface area contributed by atoms with Gasteiger partial charge in [-0.15, -0.1) is 0 Å². The van der Waals surface area contributed by atoms with Crippen molar-refractivity contribution in [2.24, 2.45) is 10.7 Å². The minimum Gasteiger partial charge on any atom is -0.475 e. The number of rotatable bonds is 4. The van der Waals surface area contributed by atoms with E-state index in [1.165, 1.54) is 6.20 Å². The number of aromatic nitrogens is 2. The highest BCUT2D eigenvalue weighted by atomic mass is 79.9. The Morgan fingerprint density at radius 2 is 1.45 bits per heavy atom. The third kappa shape index (κ3) is 8.45. The van der Waals surface area contributed by atoms with Gasteiger partial charge in [0, 0.05) is 28.5 Å². The van der Waals surface area contributed by atoms with E-state index >= 15 is 0 Å². The molecular formula is C24H15BrF8N4O5. The first-order valence-electron chi connectivity index (χ1n) is 10.7. The van der Waals surface area contributed by atoms with Gasteiger partial charge in [0.25, 0.3) is 0 Å². The fraction of sp³-hybridized carbons (Fsp3) is 0.125. The van der Waals surface area contributed by atoms with Crippen molar-refractivity contribution in [3.8, 4) is 5.88 Å². The number of fused-ring (bicyclic) bond motifs is 1. The maximum Gasteiger partial charge on any atom is 0.490 e. The first-order chi connectivity index (χ1) is 19.4. The van der Waals surface area contributed by atoms with Crippen LogP contribution >= 0.6 is 15.9 Å². The van der Waals surface area contributed by atoms with E-state index in [9.17, 15) is 35.1 Å². The van der Waals surface area contributed by atoms with Gasteiger partial charge >= 0.3 is 30.4 Å². The molecule has 0 radical (unpaired) electrons. The number of ether oxygens (including phenoxy) is 1. The van der Waals surface area contributed by atoms with Gasteiger partial charge in [-0.2, -0.15) is 35.1 Å². The molecule has 224 valence electrons. The van der Waals surface area contributed by atoms with Crippen molar-refractivity contribution in [1.29, 1.82) is 0 Å². The number of benzene rings is 1. The first-order valence-corrected chi connectivity index (χ1v) is 11.5. The van der Waals surface area contributed by atoms with Crippen molar-refractivity contribution in [2.75, 3.05) is 0 Å². The number of pyridine rings is 2. The summed E-state index contributed by atoms with van der Waals surface area (Å²) in [4.78, 5) is 30.9. The van der Waals surface area contributed by atoms with Crippen LogP contribution in [0.15, 0.2) is 82.7 Å². The number of halogens is 9. The molecule has 1 atom stereocenters. The maximum absolute atomic E-state index is 12.4. The van der Waals surface area contributed by atoms with Crippen molar-refractivity contribution >= 4 is 33.7 Å². The molecule has 1 aliphatic heterocycles. The highest BCUT2D eigenvalue weighted by molar-refractivity contribution is 9.10.